The van der Waals surface area contributed by atoms with Gasteiger partial charge in [0, 0.05) is 11.8 Å². The van der Waals surface area contributed by atoms with Crippen LogP contribution in [0.3, 0.4) is 0 Å². The van der Waals surface area contributed by atoms with Crippen LogP contribution >= 0.6 is 23.2 Å². The Kier molecular flexibility index (Phi) is 4.19. The number of hydrogen-bond acceptors (Lipinski definition) is 4. The van der Waals surface area contributed by atoms with E-state index in [0.717, 1.165) is 5.56 Å². The molecule has 19 heavy (non-hydrogen) atoms. The van der Waals surface area contributed by atoms with Crippen molar-refractivity contribution >= 4 is 40.6 Å². The first-order valence-electron chi connectivity index (χ1n) is 5.37. The van der Waals surface area contributed by atoms with Gasteiger partial charge in [0.1, 0.15) is 11.0 Å². The number of nitrogens with one attached hydrogen (secondary N) is 1. The standard InChI is InChI=1S/C12H10Cl2N4O/c13-9-6-10(18-12(14)16-9)17-11(19)5-7-2-1-3-8(15)4-7/h1-4,6H,5,15H2,(H,16,17,18,19). The van der Waals surface area contributed by atoms with Crippen LogP contribution in [0.2, 0.25) is 10.4 Å². The van der Waals surface area contributed by atoms with Gasteiger partial charge in [-0.25, -0.2) is 9.97 Å². The van der Waals surface area contributed by atoms with E-state index in [1.807, 2.05) is 6.07 Å². The first-order chi connectivity index (χ1) is 9.02. The minimum absolute atomic E-state index is 0.0215. The highest BCUT2D eigenvalue weighted by Gasteiger charge is 2.07. The summed E-state index contributed by atoms with van der Waals surface area (Å²) in [7, 11) is 0. The zero-order valence-corrected chi connectivity index (χ0v) is 11.2. The van der Waals surface area contributed by atoms with Gasteiger partial charge in [0.15, 0.2) is 0 Å². The molecule has 0 aliphatic rings. The number of anilines is 2. The van der Waals surface area contributed by atoms with E-state index in [2.05, 4.69) is 15.3 Å². The van der Waals surface area contributed by atoms with Crippen LogP contribution in [0.25, 0.3) is 0 Å². The number of nitrogens with zero attached hydrogens (tertiary/aromatic N) is 2. The van der Waals surface area contributed by atoms with Crippen LogP contribution in [0.1, 0.15) is 5.56 Å². The zero-order chi connectivity index (χ0) is 13.8. The first-order valence-corrected chi connectivity index (χ1v) is 6.13. The molecule has 0 unspecified atom stereocenters. The average molecular weight is 297 g/mol. The van der Waals surface area contributed by atoms with Crippen molar-refractivity contribution in [2.45, 2.75) is 6.42 Å². The van der Waals surface area contributed by atoms with Gasteiger partial charge < -0.3 is 11.1 Å². The smallest absolute Gasteiger partial charge is 0.229 e. The lowest BCUT2D eigenvalue weighted by molar-refractivity contribution is -0.115. The second kappa shape index (κ2) is 5.86. The van der Waals surface area contributed by atoms with Crippen LogP contribution in [0.5, 0.6) is 0 Å². The molecule has 98 valence electrons. The molecule has 2 rings (SSSR count). The van der Waals surface area contributed by atoms with Gasteiger partial charge in [-0.3, -0.25) is 4.79 Å². The number of benzene rings is 1. The summed E-state index contributed by atoms with van der Waals surface area (Å²) in [6.07, 6.45) is 0.185. The number of halogens is 2. The third-order valence-electron chi connectivity index (χ3n) is 2.25. The highest BCUT2D eigenvalue weighted by Crippen LogP contribution is 2.15. The monoisotopic (exact) mass is 296 g/mol. The topological polar surface area (TPSA) is 80.9 Å². The van der Waals surface area contributed by atoms with Crippen molar-refractivity contribution in [3.05, 3.63) is 46.3 Å². The predicted molar refractivity (Wildman–Crippen MR) is 75.2 cm³/mol. The molecule has 1 heterocycles. The minimum atomic E-state index is -0.239. The normalized spacial score (nSPS) is 10.2. The maximum absolute atomic E-state index is 11.8. The van der Waals surface area contributed by atoms with Crippen molar-refractivity contribution in [2.75, 3.05) is 11.1 Å². The fourth-order valence-electron chi connectivity index (χ4n) is 1.53. The van der Waals surface area contributed by atoms with Crippen LogP contribution in [0.4, 0.5) is 11.5 Å². The van der Waals surface area contributed by atoms with E-state index < -0.39 is 0 Å². The molecule has 2 aromatic rings. The van der Waals surface area contributed by atoms with Crippen molar-refractivity contribution in [3.63, 3.8) is 0 Å². The Morgan fingerprint density at radius 1 is 1.26 bits per heavy atom. The van der Waals surface area contributed by atoms with Crippen LogP contribution in [0.15, 0.2) is 30.3 Å². The molecular weight excluding hydrogens is 287 g/mol. The molecule has 0 saturated heterocycles. The third-order valence-corrected chi connectivity index (χ3v) is 2.61. The van der Waals surface area contributed by atoms with E-state index in [1.54, 1.807) is 18.2 Å². The number of rotatable bonds is 3. The average Bonchev–Trinajstić information content (AvgIpc) is 2.26. The Balaban J connectivity index is 2.05. The Labute approximate surface area is 119 Å². The molecule has 7 heteroatoms. The summed E-state index contributed by atoms with van der Waals surface area (Å²) in [5, 5.41) is 2.74. The van der Waals surface area contributed by atoms with Gasteiger partial charge in [-0.2, -0.15) is 0 Å². The Morgan fingerprint density at radius 3 is 2.74 bits per heavy atom. The van der Waals surface area contributed by atoms with E-state index in [1.165, 1.54) is 6.07 Å². The summed E-state index contributed by atoms with van der Waals surface area (Å²) in [6, 6.07) is 8.52. The maximum atomic E-state index is 11.8. The van der Waals surface area contributed by atoms with Crippen LogP contribution in [-0.4, -0.2) is 15.9 Å². The summed E-state index contributed by atoms with van der Waals surface area (Å²) >= 11 is 11.4. The van der Waals surface area contributed by atoms with Crippen molar-refractivity contribution < 1.29 is 4.79 Å². The molecule has 1 aromatic carbocycles. The number of nitrogen functional groups attached to an aromatic ring is 1. The van der Waals surface area contributed by atoms with Crippen LogP contribution in [0, 0.1) is 0 Å². The molecular formula is C12H10Cl2N4O. The Hall–Kier alpha value is -1.85. The molecule has 1 aromatic heterocycles. The fraction of sp³-hybridized carbons (Fsp3) is 0.0833. The van der Waals surface area contributed by atoms with E-state index in [0.29, 0.717) is 5.69 Å². The lowest BCUT2D eigenvalue weighted by Gasteiger charge is -2.05. The highest BCUT2D eigenvalue weighted by molar-refractivity contribution is 6.32. The van der Waals surface area contributed by atoms with Gasteiger partial charge in [-0.05, 0) is 29.3 Å². The maximum Gasteiger partial charge on any atom is 0.229 e. The first kappa shape index (κ1) is 13.6. The van der Waals surface area contributed by atoms with Gasteiger partial charge in [0.05, 0.1) is 6.42 Å². The summed E-state index contributed by atoms with van der Waals surface area (Å²) in [4.78, 5) is 19.4. The molecule has 0 radical (unpaired) electrons. The van der Waals surface area contributed by atoms with E-state index in [9.17, 15) is 4.79 Å². The predicted octanol–water partition coefficient (Wildman–Crippen LogP) is 2.55. The molecule has 0 aliphatic heterocycles. The van der Waals surface area contributed by atoms with E-state index >= 15 is 0 Å². The van der Waals surface area contributed by atoms with Gasteiger partial charge in [-0.1, -0.05) is 23.7 Å². The van der Waals surface area contributed by atoms with Crippen molar-refractivity contribution in [3.8, 4) is 0 Å². The van der Waals surface area contributed by atoms with Crippen LogP contribution in [-0.2, 0) is 11.2 Å². The fourth-order valence-corrected chi connectivity index (χ4v) is 1.94. The Morgan fingerprint density at radius 2 is 2.05 bits per heavy atom. The molecule has 0 bridgehead atoms. The molecule has 3 N–H and O–H groups in total. The number of amides is 1. The summed E-state index contributed by atoms with van der Waals surface area (Å²) in [5.74, 6) is 0.0235. The SMILES string of the molecule is Nc1cccc(CC(=O)Nc2cc(Cl)nc(Cl)n2)c1. The molecule has 0 aliphatic carbocycles. The minimum Gasteiger partial charge on any atom is -0.399 e. The van der Waals surface area contributed by atoms with Crippen molar-refractivity contribution in [1.82, 2.24) is 9.97 Å². The molecule has 0 atom stereocenters. The van der Waals surface area contributed by atoms with Gasteiger partial charge in [-0.15, -0.1) is 0 Å². The largest absolute Gasteiger partial charge is 0.399 e. The second-order valence-electron chi connectivity index (χ2n) is 3.81. The lowest BCUT2D eigenvalue weighted by atomic mass is 10.1. The highest BCUT2D eigenvalue weighted by atomic mass is 35.5. The van der Waals surface area contributed by atoms with E-state index in [-0.39, 0.29) is 28.6 Å². The number of hydrogen-bond donors (Lipinski definition) is 2. The number of aromatic nitrogens is 2. The molecule has 0 spiro atoms. The second-order valence-corrected chi connectivity index (χ2v) is 4.54. The summed E-state index contributed by atoms with van der Waals surface area (Å²) < 4.78 is 0. The molecule has 5 nitrogen and oxygen atoms in total. The lowest BCUT2D eigenvalue weighted by Crippen LogP contribution is -2.15. The van der Waals surface area contributed by atoms with Gasteiger partial charge in [0.2, 0.25) is 11.2 Å². The van der Waals surface area contributed by atoms with Gasteiger partial charge >= 0.3 is 0 Å². The van der Waals surface area contributed by atoms with E-state index in [4.69, 9.17) is 28.9 Å². The molecule has 0 fully saturated rings. The molecule has 0 saturated carbocycles. The summed E-state index contributed by atoms with van der Waals surface area (Å²) in [5.41, 5.74) is 7.06. The summed E-state index contributed by atoms with van der Waals surface area (Å²) in [6.45, 7) is 0. The third kappa shape index (κ3) is 4.08. The number of carbonyl (C=O) groups excluding carboxylic acids is 1. The van der Waals surface area contributed by atoms with Crippen molar-refractivity contribution in [2.24, 2.45) is 0 Å². The Bertz CT molecular complexity index is 598. The van der Waals surface area contributed by atoms with Crippen molar-refractivity contribution in [1.29, 1.82) is 0 Å². The molecule has 1 amide bonds. The van der Waals surface area contributed by atoms with Crippen LogP contribution < -0.4 is 11.1 Å². The number of carbonyl (C=O) groups is 1. The number of nitrogens with two attached hydrogens (primary N) is 1. The van der Waals surface area contributed by atoms with Gasteiger partial charge in [0.25, 0.3) is 0 Å². The quantitative estimate of drug-likeness (QED) is 0.518. The zero-order valence-electron chi connectivity index (χ0n) is 9.73.